The van der Waals surface area contributed by atoms with Gasteiger partial charge < -0.3 is 15.2 Å². The van der Waals surface area contributed by atoms with Crippen molar-refractivity contribution in [2.75, 3.05) is 13.1 Å². The summed E-state index contributed by atoms with van der Waals surface area (Å²) in [7, 11) is 0. The molecule has 5 nitrogen and oxygen atoms in total. The molecular formula is C26H34N2O3. The monoisotopic (exact) mass is 422 g/mol. The van der Waals surface area contributed by atoms with Crippen LogP contribution in [0.25, 0.3) is 11.3 Å². The zero-order valence-corrected chi connectivity index (χ0v) is 18.6. The molecule has 2 heterocycles. The van der Waals surface area contributed by atoms with Gasteiger partial charge in [-0.15, -0.1) is 0 Å². The van der Waals surface area contributed by atoms with E-state index in [2.05, 4.69) is 24.0 Å². The van der Waals surface area contributed by atoms with Crippen molar-refractivity contribution >= 4 is 5.97 Å². The van der Waals surface area contributed by atoms with Crippen LogP contribution in [-0.2, 0) is 11.2 Å². The first kappa shape index (κ1) is 23.0. The van der Waals surface area contributed by atoms with E-state index in [9.17, 15) is 9.90 Å². The molecule has 0 bridgehead atoms. The first-order chi connectivity index (χ1) is 15.0. The number of aliphatic carboxylic acids is 1. The molecule has 1 saturated heterocycles. The van der Waals surface area contributed by atoms with Crippen molar-refractivity contribution < 1.29 is 14.6 Å². The van der Waals surface area contributed by atoms with Crippen LogP contribution < -0.4 is 10.1 Å². The molecule has 0 spiro atoms. The van der Waals surface area contributed by atoms with Gasteiger partial charge in [0.05, 0.1) is 11.6 Å². The number of carbonyl (C=O) groups is 1. The summed E-state index contributed by atoms with van der Waals surface area (Å²) in [5.41, 5.74) is 3.89. The number of piperidine rings is 1. The first-order valence-corrected chi connectivity index (χ1v) is 11.3. The zero-order chi connectivity index (χ0) is 22.2. The predicted octanol–water partition coefficient (Wildman–Crippen LogP) is 5.12. The summed E-state index contributed by atoms with van der Waals surface area (Å²) in [6.45, 7) is 10.0. The third kappa shape index (κ3) is 6.41. The van der Waals surface area contributed by atoms with E-state index in [-0.39, 0.29) is 12.0 Å². The van der Waals surface area contributed by atoms with Gasteiger partial charge in [-0.1, -0.05) is 49.8 Å². The number of pyridine rings is 1. The largest absolute Gasteiger partial charge is 0.481 e. The molecule has 166 valence electrons. The number of aromatic nitrogens is 1. The second-order valence-electron chi connectivity index (χ2n) is 8.52. The van der Waals surface area contributed by atoms with E-state index in [1.165, 1.54) is 0 Å². The molecule has 0 amide bonds. The maximum absolute atomic E-state index is 11.8. The molecule has 2 aromatic rings. The fraction of sp³-hybridized carbons (Fsp3) is 0.462. The number of nitrogens with one attached hydrogen (secondary N) is 1. The molecular weight excluding hydrogens is 388 g/mol. The van der Waals surface area contributed by atoms with Crippen molar-refractivity contribution in [2.45, 2.75) is 52.1 Å². The molecule has 1 aromatic heterocycles. The fourth-order valence-corrected chi connectivity index (χ4v) is 4.30. The minimum atomic E-state index is -0.740. The number of rotatable bonds is 10. The van der Waals surface area contributed by atoms with Crippen LogP contribution in [-0.4, -0.2) is 35.3 Å². The molecule has 1 fully saturated rings. The summed E-state index contributed by atoms with van der Waals surface area (Å²) < 4.78 is 6.10. The Labute approximate surface area is 185 Å². The Morgan fingerprint density at radius 1 is 1.23 bits per heavy atom. The second kappa shape index (κ2) is 11.1. The minimum absolute atomic E-state index is 0.0877. The van der Waals surface area contributed by atoms with Crippen LogP contribution in [0.1, 0.15) is 45.1 Å². The van der Waals surface area contributed by atoms with Crippen molar-refractivity contribution in [1.29, 1.82) is 0 Å². The van der Waals surface area contributed by atoms with Gasteiger partial charge in [0, 0.05) is 11.6 Å². The number of allylic oxidation sites excluding steroid dienone is 1. The number of carboxylic acid groups (broad SMARTS) is 1. The number of hydrogen-bond acceptors (Lipinski definition) is 4. The first-order valence-electron chi connectivity index (χ1n) is 11.3. The quantitative estimate of drug-likeness (QED) is 0.520. The molecule has 1 aromatic carbocycles. The topological polar surface area (TPSA) is 71.5 Å². The van der Waals surface area contributed by atoms with Gasteiger partial charge >= 0.3 is 5.97 Å². The van der Waals surface area contributed by atoms with Gasteiger partial charge in [-0.3, -0.25) is 4.79 Å². The van der Waals surface area contributed by atoms with Crippen molar-refractivity contribution in [3.05, 3.63) is 60.2 Å². The lowest BCUT2D eigenvalue weighted by Crippen LogP contribution is -2.34. The molecule has 31 heavy (non-hydrogen) atoms. The maximum atomic E-state index is 11.8. The van der Waals surface area contributed by atoms with Gasteiger partial charge in [0.1, 0.15) is 6.10 Å². The maximum Gasteiger partial charge on any atom is 0.307 e. The summed E-state index contributed by atoms with van der Waals surface area (Å²) in [6.07, 6.45) is 4.35. The second-order valence-corrected chi connectivity index (χ2v) is 8.52. The molecule has 2 atom stereocenters. The number of carboxylic acids is 1. The molecule has 0 unspecified atom stereocenters. The average molecular weight is 423 g/mol. The summed E-state index contributed by atoms with van der Waals surface area (Å²) in [5.74, 6) is -0.583. The summed E-state index contributed by atoms with van der Waals surface area (Å²) >= 11 is 0. The van der Waals surface area contributed by atoms with Crippen LogP contribution >= 0.6 is 0 Å². The van der Waals surface area contributed by atoms with Gasteiger partial charge in [0.25, 0.3) is 0 Å². The van der Waals surface area contributed by atoms with Gasteiger partial charge in [-0.2, -0.15) is 0 Å². The van der Waals surface area contributed by atoms with E-state index in [1.54, 1.807) is 0 Å². The van der Waals surface area contributed by atoms with Gasteiger partial charge in [0.2, 0.25) is 5.88 Å². The molecule has 0 radical (unpaired) electrons. The van der Waals surface area contributed by atoms with E-state index >= 15 is 0 Å². The number of nitrogens with zero attached hydrogens (tertiary/aromatic N) is 1. The molecule has 0 saturated carbocycles. The third-order valence-electron chi connectivity index (χ3n) is 6.01. The van der Waals surface area contributed by atoms with E-state index in [1.807, 2.05) is 44.2 Å². The highest BCUT2D eigenvalue weighted by Crippen LogP contribution is 2.30. The smallest absolute Gasteiger partial charge is 0.307 e. The van der Waals surface area contributed by atoms with Crippen LogP contribution in [0.2, 0.25) is 0 Å². The minimum Gasteiger partial charge on any atom is -0.481 e. The van der Waals surface area contributed by atoms with Crippen LogP contribution in [0.15, 0.2) is 54.6 Å². The van der Waals surface area contributed by atoms with Crippen molar-refractivity contribution in [2.24, 2.45) is 11.8 Å². The average Bonchev–Trinajstić information content (AvgIpc) is 2.77. The number of hydrogen-bond donors (Lipinski definition) is 2. The molecule has 5 heteroatoms. The van der Waals surface area contributed by atoms with Crippen LogP contribution in [0.5, 0.6) is 5.88 Å². The number of benzene rings is 1. The lowest BCUT2D eigenvalue weighted by atomic mass is 9.80. The molecule has 1 aliphatic heterocycles. The molecule has 0 aliphatic carbocycles. The molecule has 3 rings (SSSR count). The summed E-state index contributed by atoms with van der Waals surface area (Å²) in [5, 5.41) is 13.1. The van der Waals surface area contributed by atoms with Gasteiger partial charge in [-0.25, -0.2) is 4.98 Å². The van der Waals surface area contributed by atoms with Crippen molar-refractivity contribution in [1.82, 2.24) is 10.3 Å². The Balaban J connectivity index is 1.78. The lowest BCUT2D eigenvalue weighted by molar-refractivity contribution is -0.143. The lowest BCUT2D eigenvalue weighted by Gasteiger charge is -2.24. The number of ether oxygens (including phenoxy) is 1. The zero-order valence-electron chi connectivity index (χ0n) is 18.6. The van der Waals surface area contributed by atoms with E-state index in [4.69, 9.17) is 9.72 Å². The molecule has 2 N–H and O–H groups in total. The Kier molecular flexibility index (Phi) is 8.24. The fourth-order valence-electron chi connectivity index (χ4n) is 4.30. The van der Waals surface area contributed by atoms with Crippen molar-refractivity contribution in [3.63, 3.8) is 0 Å². The molecule has 1 aliphatic rings. The van der Waals surface area contributed by atoms with Crippen molar-refractivity contribution in [3.8, 4) is 17.1 Å². The van der Waals surface area contributed by atoms with E-state index in [0.29, 0.717) is 18.7 Å². The Morgan fingerprint density at radius 2 is 1.97 bits per heavy atom. The third-order valence-corrected chi connectivity index (χ3v) is 6.01. The van der Waals surface area contributed by atoms with Crippen LogP contribution in [0, 0.1) is 11.8 Å². The van der Waals surface area contributed by atoms with E-state index < -0.39 is 11.9 Å². The van der Waals surface area contributed by atoms with Gasteiger partial charge in [-0.05, 0) is 69.3 Å². The van der Waals surface area contributed by atoms with Gasteiger partial charge in [0.15, 0.2) is 0 Å². The Morgan fingerprint density at radius 3 is 2.65 bits per heavy atom. The van der Waals surface area contributed by atoms with E-state index in [0.717, 1.165) is 54.7 Å². The highest BCUT2D eigenvalue weighted by molar-refractivity contribution is 5.71. The summed E-state index contributed by atoms with van der Waals surface area (Å²) in [6, 6.07) is 14.1. The predicted molar refractivity (Wildman–Crippen MR) is 124 cm³/mol. The van der Waals surface area contributed by atoms with Crippen LogP contribution in [0.3, 0.4) is 0 Å². The standard InChI is InChI=1S/C26H34N2O3/c1-4-7-22(26(29)30)23(18(2)3)17-19-8-5-9-20(16-19)24-10-6-11-25(28-24)31-21-12-14-27-15-13-21/h5-6,8-11,16,21-23,27H,2,4,7,12-15,17H2,1,3H3,(H,29,30)/t22-,23+/m0/s1. The Bertz CT molecular complexity index is 890. The van der Waals surface area contributed by atoms with Crippen LogP contribution in [0.4, 0.5) is 0 Å². The normalized spacial score (nSPS) is 16.5. The highest BCUT2D eigenvalue weighted by atomic mass is 16.5. The summed E-state index contributed by atoms with van der Waals surface area (Å²) in [4.78, 5) is 16.6. The Hall–Kier alpha value is -2.66. The highest BCUT2D eigenvalue weighted by Gasteiger charge is 2.28. The SMILES string of the molecule is C=C(C)[C@@H](Cc1cccc(-c2cccc(OC3CCNCC3)n2)c1)[C@H](CCC)C(=O)O.